The van der Waals surface area contributed by atoms with Crippen LogP contribution >= 0.6 is 11.3 Å². The molecule has 0 spiro atoms. The summed E-state index contributed by atoms with van der Waals surface area (Å²) in [6, 6.07) is 10.5. The van der Waals surface area contributed by atoms with Gasteiger partial charge in [-0.1, -0.05) is 23.8 Å². The second kappa shape index (κ2) is 9.19. The quantitative estimate of drug-likeness (QED) is 0.528. The third-order valence-corrected chi connectivity index (χ3v) is 6.04. The van der Waals surface area contributed by atoms with Gasteiger partial charge in [0.15, 0.2) is 5.76 Å². The van der Waals surface area contributed by atoms with Gasteiger partial charge in [0.25, 0.3) is 11.8 Å². The lowest BCUT2D eigenvalue weighted by Gasteiger charge is -2.13. The van der Waals surface area contributed by atoms with Crippen LogP contribution in [-0.4, -0.2) is 23.4 Å². The molecule has 4 rings (SSSR count). The molecular weight excluding hydrogens is 428 g/mol. The van der Waals surface area contributed by atoms with Crippen molar-refractivity contribution >= 4 is 34.8 Å². The van der Waals surface area contributed by atoms with Crippen molar-refractivity contribution in [2.75, 3.05) is 0 Å². The van der Waals surface area contributed by atoms with E-state index in [1.807, 2.05) is 24.4 Å². The molecule has 164 valence electrons. The Labute approximate surface area is 188 Å². The molecule has 9 heteroatoms. The third-order valence-electron chi connectivity index (χ3n) is 5.17. The van der Waals surface area contributed by atoms with Crippen LogP contribution in [0.4, 0.5) is 0 Å². The van der Waals surface area contributed by atoms with Crippen LogP contribution in [0.25, 0.3) is 0 Å². The molecule has 3 aromatic rings. The molecule has 32 heavy (non-hydrogen) atoms. The highest BCUT2D eigenvalue weighted by molar-refractivity contribution is 7.12. The Bertz CT molecular complexity index is 1190. The maximum absolute atomic E-state index is 12.7. The fraction of sp³-hybridized carbons (Fsp3) is 0.217. The van der Waals surface area contributed by atoms with Crippen LogP contribution in [0, 0.1) is 13.8 Å². The lowest BCUT2D eigenvalue weighted by atomic mass is 9.93. The minimum absolute atomic E-state index is 0.110. The van der Waals surface area contributed by atoms with E-state index in [4.69, 9.17) is 4.42 Å². The number of fused-ring (bicyclic) bond motifs is 1. The van der Waals surface area contributed by atoms with Gasteiger partial charge in [-0.05, 0) is 50.3 Å². The first-order chi connectivity index (χ1) is 15.4. The fourth-order valence-electron chi connectivity index (χ4n) is 3.53. The highest BCUT2D eigenvalue weighted by atomic mass is 32.1. The van der Waals surface area contributed by atoms with Crippen LogP contribution in [0.3, 0.4) is 0 Å². The van der Waals surface area contributed by atoms with Gasteiger partial charge >= 0.3 is 5.91 Å². The predicted octanol–water partition coefficient (Wildman–Crippen LogP) is 3.50. The van der Waals surface area contributed by atoms with Gasteiger partial charge in [-0.2, -0.15) is 5.10 Å². The zero-order valence-electron chi connectivity index (χ0n) is 17.7. The number of hydrogen-bond donors (Lipinski definition) is 3. The summed E-state index contributed by atoms with van der Waals surface area (Å²) in [6.45, 7) is 3.69. The van der Waals surface area contributed by atoms with Crippen LogP contribution in [0.1, 0.15) is 65.9 Å². The number of nitrogens with zero attached hydrogens (tertiary/aromatic N) is 1. The number of benzene rings is 1. The zero-order valence-corrected chi connectivity index (χ0v) is 18.5. The number of carbonyl (C=O) groups excluding carboxylic acids is 3. The van der Waals surface area contributed by atoms with Gasteiger partial charge in [0.2, 0.25) is 0 Å². The summed E-state index contributed by atoms with van der Waals surface area (Å²) in [4.78, 5) is 37.7. The third kappa shape index (κ3) is 4.47. The molecule has 2 aromatic heterocycles. The number of rotatable bonds is 4. The summed E-state index contributed by atoms with van der Waals surface area (Å²) in [7, 11) is 0. The smallest absolute Gasteiger partial charge is 0.305 e. The molecule has 3 amide bonds. The van der Waals surface area contributed by atoms with E-state index in [0.717, 1.165) is 17.5 Å². The lowest BCUT2D eigenvalue weighted by Crippen LogP contribution is -2.41. The first-order valence-electron chi connectivity index (χ1n) is 10.1. The van der Waals surface area contributed by atoms with Crippen molar-refractivity contribution in [3.05, 3.63) is 80.4 Å². The molecule has 0 unspecified atom stereocenters. The van der Waals surface area contributed by atoms with Gasteiger partial charge in [-0.15, -0.1) is 11.3 Å². The van der Waals surface area contributed by atoms with Gasteiger partial charge in [0.1, 0.15) is 5.76 Å². The first kappa shape index (κ1) is 21.5. The van der Waals surface area contributed by atoms with Crippen molar-refractivity contribution in [1.29, 1.82) is 0 Å². The van der Waals surface area contributed by atoms with Crippen molar-refractivity contribution in [3.8, 4) is 0 Å². The normalized spacial score (nSPS) is 14.0. The molecule has 2 heterocycles. The number of furan rings is 1. The van der Waals surface area contributed by atoms with Gasteiger partial charge in [-0.3, -0.25) is 25.2 Å². The van der Waals surface area contributed by atoms with Crippen LogP contribution in [0.15, 0.2) is 51.3 Å². The monoisotopic (exact) mass is 450 g/mol. The summed E-state index contributed by atoms with van der Waals surface area (Å²) >= 11 is 1.33. The molecule has 0 radical (unpaired) electrons. The lowest BCUT2D eigenvalue weighted by molar-refractivity contribution is 0.0829. The maximum atomic E-state index is 12.7. The predicted molar refractivity (Wildman–Crippen MR) is 121 cm³/mol. The number of hydrogen-bond acceptors (Lipinski definition) is 6. The minimum Gasteiger partial charge on any atom is -0.455 e. The molecule has 1 aliphatic rings. The Morgan fingerprint density at radius 1 is 0.969 bits per heavy atom. The van der Waals surface area contributed by atoms with Gasteiger partial charge < -0.3 is 4.42 Å². The van der Waals surface area contributed by atoms with E-state index in [1.165, 1.54) is 11.3 Å². The van der Waals surface area contributed by atoms with Crippen molar-refractivity contribution in [2.45, 2.75) is 33.1 Å². The SMILES string of the molecule is Cc1ccc(C(=O)NNC(=O)c2oc3c(c2C)/C(=N/NC(=O)c2cccs2)CCC3)cc1. The Morgan fingerprint density at radius 3 is 2.44 bits per heavy atom. The van der Waals surface area contributed by atoms with Gasteiger partial charge in [0.05, 0.1) is 10.6 Å². The van der Waals surface area contributed by atoms with Crippen LogP contribution in [0.5, 0.6) is 0 Å². The zero-order chi connectivity index (χ0) is 22.7. The summed E-state index contributed by atoms with van der Waals surface area (Å²) in [5.41, 5.74) is 10.9. The summed E-state index contributed by atoms with van der Waals surface area (Å²) in [6.07, 6.45) is 2.11. The Kier molecular flexibility index (Phi) is 6.18. The van der Waals surface area contributed by atoms with E-state index in [9.17, 15) is 14.4 Å². The van der Waals surface area contributed by atoms with Gasteiger partial charge in [0, 0.05) is 23.1 Å². The second-order valence-electron chi connectivity index (χ2n) is 7.46. The molecular formula is C23H22N4O4S. The highest BCUT2D eigenvalue weighted by Gasteiger charge is 2.28. The van der Waals surface area contributed by atoms with Crippen LogP contribution in [-0.2, 0) is 6.42 Å². The number of hydrazine groups is 1. The number of nitrogens with one attached hydrogen (secondary N) is 3. The first-order valence-corrected chi connectivity index (χ1v) is 11.0. The minimum atomic E-state index is -0.556. The van der Waals surface area contributed by atoms with E-state index in [1.54, 1.807) is 31.2 Å². The van der Waals surface area contributed by atoms with E-state index in [0.29, 0.717) is 40.3 Å². The Morgan fingerprint density at radius 2 is 1.72 bits per heavy atom. The number of aryl methyl sites for hydroxylation is 2. The van der Waals surface area contributed by atoms with Crippen LogP contribution in [0.2, 0.25) is 0 Å². The molecule has 3 N–H and O–H groups in total. The van der Waals surface area contributed by atoms with Crippen molar-refractivity contribution in [2.24, 2.45) is 5.10 Å². The number of carbonyl (C=O) groups is 3. The van der Waals surface area contributed by atoms with E-state index in [2.05, 4.69) is 21.4 Å². The van der Waals surface area contributed by atoms with E-state index >= 15 is 0 Å². The average Bonchev–Trinajstić information content (AvgIpc) is 3.45. The summed E-state index contributed by atoms with van der Waals surface area (Å²) < 4.78 is 5.81. The summed E-state index contributed by atoms with van der Waals surface area (Å²) in [5, 5.41) is 6.12. The largest absolute Gasteiger partial charge is 0.455 e. The Balaban J connectivity index is 1.47. The van der Waals surface area contributed by atoms with Crippen molar-refractivity contribution < 1.29 is 18.8 Å². The van der Waals surface area contributed by atoms with Crippen LogP contribution < -0.4 is 16.3 Å². The highest BCUT2D eigenvalue weighted by Crippen LogP contribution is 2.29. The molecule has 8 nitrogen and oxygen atoms in total. The Hall–Kier alpha value is -3.72. The number of thiophene rings is 1. The molecule has 1 aromatic carbocycles. The molecule has 0 saturated carbocycles. The molecule has 0 bridgehead atoms. The average molecular weight is 451 g/mol. The number of amides is 3. The van der Waals surface area contributed by atoms with Crippen molar-refractivity contribution in [3.63, 3.8) is 0 Å². The topological polar surface area (TPSA) is 113 Å². The number of hydrazone groups is 1. The van der Waals surface area contributed by atoms with Gasteiger partial charge in [-0.25, -0.2) is 5.43 Å². The van der Waals surface area contributed by atoms with Crippen molar-refractivity contribution in [1.82, 2.24) is 16.3 Å². The van der Waals surface area contributed by atoms with E-state index in [-0.39, 0.29) is 11.7 Å². The van der Waals surface area contributed by atoms with E-state index < -0.39 is 11.8 Å². The maximum Gasteiger partial charge on any atom is 0.305 e. The molecule has 0 atom stereocenters. The second-order valence-corrected chi connectivity index (χ2v) is 8.41. The standard InChI is InChI=1S/C23H22N4O4S/c1-13-8-10-15(11-9-13)21(28)25-27-23(30)20-14(2)19-16(5-3-6-17(19)31-20)24-26-22(29)18-7-4-12-32-18/h4,7-12H,3,5-6H2,1-2H3,(H,25,28)(H,26,29)(H,27,30)/b24-16+. The molecule has 0 fully saturated rings. The molecule has 0 aliphatic heterocycles. The summed E-state index contributed by atoms with van der Waals surface area (Å²) in [5.74, 6) is -0.506. The fourth-order valence-corrected chi connectivity index (χ4v) is 4.14. The molecule has 1 aliphatic carbocycles. The molecule has 0 saturated heterocycles.